The number of guanidine groups is 1. The number of nitrogens with zero attached hydrogens (tertiary/aromatic N) is 2. The number of hydrogen-bond acceptors (Lipinski definition) is 4. The number of likely N-dealkylation sites (tertiary alicyclic amines) is 1. The van der Waals surface area contributed by atoms with Gasteiger partial charge in [0, 0.05) is 51.8 Å². The molecular formula is C23H37IN4O3. The van der Waals surface area contributed by atoms with Crippen LogP contribution in [0.1, 0.15) is 50.5 Å². The molecule has 0 unspecified atom stereocenters. The first-order valence-corrected chi connectivity index (χ1v) is 11.1. The second kappa shape index (κ2) is 13.0. The van der Waals surface area contributed by atoms with Crippen LogP contribution in [0.25, 0.3) is 0 Å². The summed E-state index contributed by atoms with van der Waals surface area (Å²) in [4.78, 5) is 18.4. The van der Waals surface area contributed by atoms with Crippen LogP contribution in [0, 0.1) is 5.92 Å². The largest absolute Gasteiger partial charge is 0.497 e. The molecule has 0 aromatic heterocycles. The van der Waals surface area contributed by atoms with Crippen LogP contribution in [0.2, 0.25) is 0 Å². The predicted molar refractivity (Wildman–Crippen MR) is 134 cm³/mol. The average Bonchev–Trinajstić information content (AvgIpc) is 3.29. The summed E-state index contributed by atoms with van der Waals surface area (Å²) in [6.45, 7) is 2.47. The second-order valence-electron chi connectivity index (χ2n) is 8.21. The number of carbonyl (C=O) groups excluding carboxylic acids is 1. The molecule has 8 heteroatoms. The number of aliphatic imine (C=N–C) groups is 1. The Labute approximate surface area is 203 Å². The predicted octanol–water partition coefficient (Wildman–Crippen LogP) is 3.56. The molecule has 1 saturated carbocycles. The zero-order valence-corrected chi connectivity index (χ0v) is 21.3. The van der Waals surface area contributed by atoms with Crippen LogP contribution in [-0.4, -0.2) is 57.2 Å². The van der Waals surface area contributed by atoms with Crippen LogP contribution < -0.4 is 20.1 Å². The van der Waals surface area contributed by atoms with E-state index in [1.807, 2.05) is 19.2 Å². The van der Waals surface area contributed by atoms with Crippen molar-refractivity contribution in [3.63, 3.8) is 0 Å². The molecule has 1 heterocycles. The maximum Gasteiger partial charge on any atom is 0.220 e. The highest BCUT2D eigenvalue weighted by atomic mass is 127. The van der Waals surface area contributed by atoms with Gasteiger partial charge in [0.05, 0.1) is 13.2 Å². The molecule has 2 N–H and O–H groups in total. The van der Waals surface area contributed by atoms with Gasteiger partial charge in [-0.05, 0) is 56.6 Å². The Hall–Kier alpha value is -1.71. The van der Waals surface area contributed by atoms with E-state index in [1.54, 1.807) is 14.2 Å². The van der Waals surface area contributed by atoms with Crippen molar-refractivity contribution < 1.29 is 14.3 Å². The van der Waals surface area contributed by atoms with Gasteiger partial charge in [0.2, 0.25) is 5.91 Å². The molecular weight excluding hydrogens is 507 g/mol. The Morgan fingerprint density at radius 1 is 1.19 bits per heavy atom. The third-order valence-corrected chi connectivity index (χ3v) is 6.19. The van der Waals surface area contributed by atoms with Crippen LogP contribution in [-0.2, 0) is 11.3 Å². The number of amides is 1. The Morgan fingerprint density at radius 2 is 1.90 bits per heavy atom. The number of halogens is 1. The van der Waals surface area contributed by atoms with E-state index in [-0.39, 0.29) is 29.9 Å². The lowest BCUT2D eigenvalue weighted by Crippen LogP contribution is -2.45. The number of ether oxygens (including phenoxy) is 2. The first-order chi connectivity index (χ1) is 14.6. The molecule has 2 aliphatic rings. The van der Waals surface area contributed by atoms with Crippen molar-refractivity contribution in [3.05, 3.63) is 23.8 Å². The molecule has 7 nitrogen and oxygen atoms in total. The van der Waals surface area contributed by atoms with Crippen LogP contribution in [0.15, 0.2) is 23.2 Å². The molecule has 0 radical (unpaired) electrons. The summed E-state index contributed by atoms with van der Waals surface area (Å²) in [7, 11) is 5.21. The van der Waals surface area contributed by atoms with Crippen molar-refractivity contribution in [2.75, 3.05) is 34.3 Å². The van der Waals surface area contributed by atoms with Crippen molar-refractivity contribution in [1.82, 2.24) is 15.5 Å². The van der Waals surface area contributed by atoms with Crippen molar-refractivity contribution in [1.29, 1.82) is 0 Å². The Kier molecular flexibility index (Phi) is 10.7. The smallest absolute Gasteiger partial charge is 0.220 e. The molecule has 1 aliphatic carbocycles. The minimum atomic E-state index is 0. The molecule has 1 aliphatic heterocycles. The first kappa shape index (κ1) is 25.5. The van der Waals surface area contributed by atoms with E-state index >= 15 is 0 Å². The fourth-order valence-electron chi connectivity index (χ4n) is 4.32. The molecule has 3 rings (SSSR count). The Balaban J connectivity index is 0.00000341. The molecule has 1 aromatic rings. The van der Waals surface area contributed by atoms with E-state index in [1.165, 1.54) is 12.8 Å². The lowest BCUT2D eigenvalue weighted by molar-refractivity contribution is -0.121. The lowest BCUT2D eigenvalue weighted by atomic mass is 9.93. The number of rotatable bonds is 7. The number of nitrogens with one attached hydrogen (secondary N) is 2. The van der Waals surface area contributed by atoms with Gasteiger partial charge < -0.3 is 25.0 Å². The number of hydrogen-bond donors (Lipinski definition) is 2. The fraction of sp³-hybridized carbons (Fsp3) is 0.652. The minimum Gasteiger partial charge on any atom is -0.497 e. The minimum absolute atomic E-state index is 0. The van der Waals surface area contributed by atoms with Crippen molar-refractivity contribution >= 4 is 35.8 Å². The molecule has 0 bridgehead atoms. The number of methoxy groups -OCH3 is 1. The first-order valence-electron chi connectivity index (χ1n) is 11.1. The maximum atomic E-state index is 11.6. The molecule has 174 valence electrons. The monoisotopic (exact) mass is 544 g/mol. The van der Waals surface area contributed by atoms with Crippen molar-refractivity contribution in [2.45, 2.75) is 57.6 Å². The van der Waals surface area contributed by atoms with E-state index in [9.17, 15) is 4.79 Å². The summed E-state index contributed by atoms with van der Waals surface area (Å²) >= 11 is 0. The van der Waals surface area contributed by atoms with Gasteiger partial charge in [0.1, 0.15) is 11.5 Å². The molecule has 0 spiro atoms. The van der Waals surface area contributed by atoms with E-state index in [0.29, 0.717) is 25.0 Å². The average molecular weight is 544 g/mol. The summed E-state index contributed by atoms with van der Waals surface area (Å²) in [5, 5.41) is 6.23. The summed E-state index contributed by atoms with van der Waals surface area (Å²) in [5.41, 5.74) is 1.11. The number of carbonyl (C=O) groups is 1. The summed E-state index contributed by atoms with van der Waals surface area (Å²) in [6.07, 6.45) is 7.65. The normalized spacial score (nSPS) is 17.8. The SMILES string of the molecule is CN=C(NCc1ccc(OC)cc1OC1CCCC1)N1CCC(CC(=O)NC)CC1.I. The quantitative estimate of drug-likeness (QED) is 0.312. The van der Waals surface area contributed by atoms with Crippen molar-refractivity contribution in [2.24, 2.45) is 10.9 Å². The van der Waals surface area contributed by atoms with Gasteiger partial charge in [-0.15, -0.1) is 24.0 Å². The van der Waals surface area contributed by atoms with E-state index in [4.69, 9.17) is 9.47 Å². The van der Waals surface area contributed by atoms with Gasteiger partial charge >= 0.3 is 0 Å². The van der Waals surface area contributed by atoms with Gasteiger partial charge in [0.15, 0.2) is 5.96 Å². The topological polar surface area (TPSA) is 75.2 Å². The second-order valence-corrected chi connectivity index (χ2v) is 8.21. The number of benzene rings is 1. The zero-order chi connectivity index (χ0) is 21.3. The van der Waals surface area contributed by atoms with Gasteiger partial charge in [-0.3, -0.25) is 9.79 Å². The standard InChI is InChI=1S/C23H36N4O3.HI/c1-24-22(28)14-17-10-12-27(13-11-17)23(25-2)26-16-18-8-9-20(29-3)15-21(18)30-19-6-4-5-7-19;/h8-9,15,17,19H,4-7,10-14,16H2,1-3H3,(H,24,28)(H,25,26);1H. The van der Waals surface area contributed by atoms with Gasteiger partial charge in [-0.2, -0.15) is 0 Å². The summed E-state index contributed by atoms with van der Waals surface area (Å²) in [5.74, 6) is 3.19. The van der Waals surface area contributed by atoms with E-state index in [2.05, 4.69) is 26.6 Å². The maximum absolute atomic E-state index is 11.6. The molecule has 1 saturated heterocycles. The molecule has 31 heavy (non-hydrogen) atoms. The van der Waals surface area contributed by atoms with Crippen LogP contribution in [0.4, 0.5) is 0 Å². The Morgan fingerprint density at radius 3 is 2.52 bits per heavy atom. The Bertz CT molecular complexity index is 730. The third-order valence-electron chi connectivity index (χ3n) is 6.19. The van der Waals surface area contributed by atoms with Crippen molar-refractivity contribution in [3.8, 4) is 11.5 Å². The summed E-state index contributed by atoms with van der Waals surface area (Å²) < 4.78 is 11.7. The van der Waals surface area contributed by atoms with Gasteiger partial charge in [-0.1, -0.05) is 0 Å². The van der Waals surface area contributed by atoms with E-state index < -0.39 is 0 Å². The van der Waals surface area contributed by atoms with Gasteiger partial charge in [0.25, 0.3) is 0 Å². The van der Waals surface area contributed by atoms with Crippen LogP contribution in [0.5, 0.6) is 11.5 Å². The molecule has 1 aromatic carbocycles. The zero-order valence-electron chi connectivity index (χ0n) is 19.0. The summed E-state index contributed by atoms with van der Waals surface area (Å²) in [6, 6.07) is 6.03. The van der Waals surface area contributed by atoms with Gasteiger partial charge in [-0.25, -0.2) is 0 Å². The highest BCUT2D eigenvalue weighted by Gasteiger charge is 2.23. The van der Waals surface area contributed by atoms with Crippen LogP contribution in [0.3, 0.4) is 0 Å². The molecule has 2 fully saturated rings. The molecule has 1 amide bonds. The molecule has 0 atom stereocenters. The highest BCUT2D eigenvalue weighted by molar-refractivity contribution is 14.0. The van der Waals surface area contributed by atoms with E-state index in [0.717, 1.165) is 61.8 Å². The number of piperidine rings is 1. The highest BCUT2D eigenvalue weighted by Crippen LogP contribution is 2.30. The fourth-order valence-corrected chi connectivity index (χ4v) is 4.32. The third kappa shape index (κ3) is 7.43. The lowest BCUT2D eigenvalue weighted by Gasteiger charge is -2.34. The van der Waals surface area contributed by atoms with Crippen LogP contribution >= 0.6 is 24.0 Å².